The van der Waals surface area contributed by atoms with Crippen LogP contribution in [0, 0.1) is 11.3 Å². The molecule has 1 aromatic rings. The molecule has 7 heteroatoms. The van der Waals surface area contributed by atoms with Gasteiger partial charge in [0.2, 0.25) is 0 Å². The fraction of sp³-hybridized carbons (Fsp3) is 0.552. The van der Waals surface area contributed by atoms with E-state index in [-0.39, 0.29) is 24.0 Å². The van der Waals surface area contributed by atoms with Gasteiger partial charge in [-0.15, -0.1) is 0 Å². The van der Waals surface area contributed by atoms with E-state index in [9.17, 15) is 14.4 Å². The third-order valence-corrected chi connectivity index (χ3v) is 8.83. The van der Waals surface area contributed by atoms with E-state index in [1.165, 1.54) is 6.92 Å². The summed E-state index contributed by atoms with van der Waals surface area (Å²) in [6.45, 7) is 9.35. The minimum absolute atomic E-state index is 0.0667. The van der Waals surface area contributed by atoms with Crippen LogP contribution in [0.15, 0.2) is 53.1 Å². The van der Waals surface area contributed by atoms with Crippen LogP contribution in [0.5, 0.6) is 0 Å². The number of benzene rings is 1. The van der Waals surface area contributed by atoms with Gasteiger partial charge in [-0.2, -0.15) is 0 Å². The number of hydrogen-bond donors (Lipinski definition) is 0. The van der Waals surface area contributed by atoms with E-state index in [2.05, 4.69) is 13.8 Å². The van der Waals surface area contributed by atoms with Gasteiger partial charge in [0, 0.05) is 30.3 Å². The van der Waals surface area contributed by atoms with Crippen molar-refractivity contribution in [3.8, 4) is 0 Å². The molecule has 2 aliphatic heterocycles. The van der Waals surface area contributed by atoms with E-state index < -0.39 is 35.3 Å². The van der Waals surface area contributed by atoms with E-state index in [1.807, 2.05) is 19.1 Å². The van der Waals surface area contributed by atoms with Crippen molar-refractivity contribution >= 4 is 17.9 Å². The molecule has 2 fully saturated rings. The van der Waals surface area contributed by atoms with Crippen molar-refractivity contribution in [2.24, 2.45) is 11.3 Å². The van der Waals surface area contributed by atoms with Crippen molar-refractivity contribution in [2.45, 2.75) is 90.3 Å². The monoisotopic (exact) mass is 494 g/mol. The normalized spacial score (nSPS) is 39.0. The number of esters is 3. The van der Waals surface area contributed by atoms with E-state index in [0.29, 0.717) is 36.8 Å². The number of carbonyl (C=O) groups is 3. The molecule has 0 amide bonds. The molecule has 4 aliphatic rings. The molecular formula is C29H34O7. The van der Waals surface area contributed by atoms with Crippen LogP contribution in [0.3, 0.4) is 0 Å². The Bertz CT molecular complexity index is 1150. The van der Waals surface area contributed by atoms with Gasteiger partial charge in [-0.1, -0.05) is 30.7 Å². The van der Waals surface area contributed by atoms with Crippen molar-refractivity contribution in [3.05, 3.63) is 58.7 Å². The fourth-order valence-corrected chi connectivity index (χ4v) is 6.59. The summed E-state index contributed by atoms with van der Waals surface area (Å²) in [5, 5.41) is 0. The van der Waals surface area contributed by atoms with Gasteiger partial charge >= 0.3 is 17.9 Å². The molecule has 192 valence electrons. The quantitative estimate of drug-likeness (QED) is 0.260. The summed E-state index contributed by atoms with van der Waals surface area (Å²) in [5.74, 6) is -1.26. The zero-order chi connectivity index (χ0) is 25.8. The largest absolute Gasteiger partial charge is 0.462 e. The molecule has 7 atom stereocenters. The van der Waals surface area contributed by atoms with Crippen molar-refractivity contribution < 1.29 is 33.3 Å². The van der Waals surface area contributed by atoms with Crippen LogP contribution in [0.25, 0.3) is 0 Å². The molecule has 0 spiro atoms. The summed E-state index contributed by atoms with van der Waals surface area (Å²) in [7, 11) is 0. The lowest BCUT2D eigenvalue weighted by atomic mass is 9.56. The Morgan fingerprint density at radius 2 is 1.78 bits per heavy atom. The Morgan fingerprint density at radius 3 is 2.47 bits per heavy atom. The predicted octanol–water partition coefficient (Wildman–Crippen LogP) is 4.70. The minimum atomic E-state index is -0.751. The van der Waals surface area contributed by atoms with Crippen LogP contribution in [0.1, 0.15) is 70.7 Å². The Hall–Kier alpha value is -2.93. The van der Waals surface area contributed by atoms with Gasteiger partial charge in [0.05, 0.1) is 17.3 Å². The molecular weight excluding hydrogens is 460 g/mol. The van der Waals surface area contributed by atoms with Gasteiger partial charge in [-0.25, -0.2) is 9.59 Å². The molecule has 0 N–H and O–H groups in total. The van der Waals surface area contributed by atoms with Gasteiger partial charge in [0.15, 0.2) is 0 Å². The average Bonchev–Trinajstić information content (AvgIpc) is 3.42. The maximum Gasteiger partial charge on any atom is 0.338 e. The molecule has 1 saturated heterocycles. The Morgan fingerprint density at radius 1 is 1.06 bits per heavy atom. The van der Waals surface area contributed by atoms with Crippen LogP contribution in [0.2, 0.25) is 0 Å². The van der Waals surface area contributed by atoms with Crippen molar-refractivity contribution in [1.82, 2.24) is 0 Å². The van der Waals surface area contributed by atoms with Gasteiger partial charge in [-0.3, -0.25) is 4.79 Å². The summed E-state index contributed by atoms with van der Waals surface area (Å²) < 4.78 is 24.2. The molecule has 2 aliphatic carbocycles. The molecule has 5 rings (SSSR count). The topological polar surface area (TPSA) is 91.4 Å². The first-order chi connectivity index (χ1) is 17.0. The first-order valence-corrected chi connectivity index (χ1v) is 12.7. The zero-order valence-electron chi connectivity index (χ0n) is 21.5. The highest BCUT2D eigenvalue weighted by Crippen LogP contribution is 2.63. The van der Waals surface area contributed by atoms with Crippen LogP contribution in [0.4, 0.5) is 0 Å². The second-order valence-corrected chi connectivity index (χ2v) is 11.0. The Kier molecular flexibility index (Phi) is 6.10. The van der Waals surface area contributed by atoms with Gasteiger partial charge < -0.3 is 18.9 Å². The first kappa shape index (κ1) is 24.8. The van der Waals surface area contributed by atoms with Crippen LogP contribution in [-0.2, 0) is 28.5 Å². The van der Waals surface area contributed by atoms with Crippen molar-refractivity contribution in [2.75, 3.05) is 0 Å². The molecule has 0 radical (unpaired) electrons. The summed E-state index contributed by atoms with van der Waals surface area (Å²) in [5.41, 5.74) is 1.82. The smallest absolute Gasteiger partial charge is 0.338 e. The van der Waals surface area contributed by atoms with E-state index in [4.69, 9.17) is 18.9 Å². The Balaban J connectivity index is 1.62. The number of allylic oxidation sites excluding steroid dienone is 1. The second-order valence-electron chi connectivity index (χ2n) is 11.0. The first-order valence-electron chi connectivity index (χ1n) is 12.7. The zero-order valence-corrected chi connectivity index (χ0v) is 21.5. The highest BCUT2D eigenvalue weighted by atomic mass is 16.6. The van der Waals surface area contributed by atoms with Crippen LogP contribution < -0.4 is 0 Å². The number of epoxide rings is 1. The van der Waals surface area contributed by atoms with E-state index in [0.717, 1.165) is 11.1 Å². The molecule has 36 heavy (non-hydrogen) atoms. The number of hydrogen-bond acceptors (Lipinski definition) is 7. The third kappa shape index (κ3) is 4.07. The summed E-state index contributed by atoms with van der Waals surface area (Å²) in [6, 6.07) is 8.94. The lowest BCUT2D eigenvalue weighted by Crippen LogP contribution is -2.59. The summed E-state index contributed by atoms with van der Waals surface area (Å²) in [4.78, 5) is 38.1. The molecule has 0 bridgehead atoms. The lowest BCUT2D eigenvalue weighted by molar-refractivity contribution is -0.175. The van der Waals surface area contributed by atoms with Crippen LogP contribution in [-0.4, -0.2) is 47.9 Å². The van der Waals surface area contributed by atoms with Gasteiger partial charge in [0.25, 0.3) is 0 Å². The van der Waals surface area contributed by atoms with E-state index in [1.54, 1.807) is 31.2 Å². The molecule has 7 nitrogen and oxygen atoms in total. The summed E-state index contributed by atoms with van der Waals surface area (Å²) in [6.07, 6.45) is 2.72. The van der Waals surface area contributed by atoms with Gasteiger partial charge in [0.1, 0.15) is 18.3 Å². The van der Waals surface area contributed by atoms with Crippen LogP contribution >= 0.6 is 0 Å². The van der Waals surface area contributed by atoms with Crippen molar-refractivity contribution in [1.29, 1.82) is 0 Å². The summed E-state index contributed by atoms with van der Waals surface area (Å²) >= 11 is 0. The number of ether oxygens (including phenoxy) is 4. The Labute approximate surface area is 211 Å². The fourth-order valence-electron chi connectivity index (χ4n) is 6.59. The maximum absolute atomic E-state index is 13.3. The minimum Gasteiger partial charge on any atom is -0.462 e. The number of fused-ring (bicyclic) bond motifs is 4. The van der Waals surface area contributed by atoms with Crippen molar-refractivity contribution in [3.63, 3.8) is 0 Å². The standard InChI is InChI=1S/C29H34O7/c1-16-11-12-23(35-27(32)19-9-7-6-8-10-19)28(4)22(14-20-17(2)26(31)34-21(20)13-16)29(5)25(36-29)15-24(28)33-18(3)30/h6-10,13,21-25H,11-12,14-15H2,1-5H3/b16-13-/t21-,22+,23?,24-,25?,28-,29+/m0/s1. The maximum atomic E-state index is 13.3. The molecule has 2 heterocycles. The SMILES string of the molecule is CC(=O)O[C@H]1CC2O[C@]2(C)[C@@H]2CC3=C(C)C(=O)O[C@H]3/C=C(/C)CCC(OC(=O)c3ccccc3)[C@@]12C. The highest BCUT2D eigenvalue weighted by molar-refractivity contribution is 5.92. The second kappa shape index (κ2) is 8.87. The molecule has 1 saturated carbocycles. The highest BCUT2D eigenvalue weighted by Gasteiger charge is 2.71. The molecule has 1 aromatic carbocycles. The molecule has 0 aromatic heterocycles. The number of rotatable bonds is 3. The lowest BCUT2D eigenvalue weighted by Gasteiger charge is -2.51. The molecule has 2 unspecified atom stereocenters. The van der Waals surface area contributed by atoms with Gasteiger partial charge in [-0.05, 0) is 63.8 Å². The van der Waals surface area contributed by atoms with E-state index >= 15 is 0 Å². The average molecular weight is 495 g/mol. The predicted molar refractivity (Wildman–Crippen MR) is 131 cm³/mol. The number of carbonyl (C=O) groups excluding carboxylic acids is 3. The third-order valence-electron chi connectivity index (χ3n) is 8.83.